The normalized spacial score (nSPS) is 28.6. The van der Waals surface area contributed by atoms with E-state index in [4.69, 9.17) is 5.11 Å². The van der Waals surface area contributed by atoms with Crippen LogP contribution >= 0.6 is 0 Å². The van der Waals surface area contributed by atoms with Gasteiger partial charge in [0.1, 0.15) is 0 Å². The molecule has 0 bridgehead atoms. The molecule has 1 saturated carbocycles. The molecule has 20 heavy (non-hydrogen) atoms. The molecule has 0 spiro atoms. The number of carbonyl (C=O) groups is 1. The standard InChI is InChI=1S/C16H31NO3/c1-12(2)5-4-6-13(3)17-11-16(20)9-7-14(8-10-16)15(18)19/h12-14,17,20H,4-11H2,1-3H3,(H,18,19). The van der Waals surface area contributed by atoms with E-state index in [1.807, 2.05) is 0 Å². The molecule has 0 aromatic carbocycles. The lowest BCUT2D eigenvalue weighted by molar-refractivity contribution is -0.144. The third kappa shape index (κ3) is 6.23. The Morgan fingerprint density at radius 2 is 1.85 bits per heavy atom. The van der Waals surface area contributed by atoms with E-state index >= 15 is 0 Å². The summed E-state index contributed by atoms with van der Waals surface area (Å²) in [6.07, 6.45) is 5.96. The van der Waals surface area contributed by atoms with Crippen molar-refractivity contribution in [3.8, 4) is 0 Å². The van der Waals surface area contributed by atoms with Crippen LogP contribution in [0.1, 0.15) is 65.7 Å². The first-order valence-corrected chi connectivity index (χ1v) is 8.01. The van der Waals surface area contributed by atoms with Gasteiger partial charge < -0.3 is 15.5 Å². The number of aliphatic carboxylic acids is 1. The highest BCUT2D eigenvalue weighted by Crippen LogP contribution is 2.31. The number of carboxylic acids is 1. The van der Waals surface area contributed by atoms with Crippen LogP contribution in [0.4, 0.5) is 0 Å². The van der Waals surface area contributed by atoms with Gasteiger partial charge in [-0.15, -0.1) is 0 Å². The molecule has 0 aromatic heterocycles. The smallest absolute Gasteiger partial charge is 0.306 e. The number of hydrogen-bond acceptors (Lipinski definition) is 3. The minimum atomic E-state index is -0.720. The van der Waals surface area contributed by atoms with Crippen LogP contribution < -0.4 is 5.32 Å². The minimum absolute atomic E-state index is 0.265. The van der Waals surface area contributed by atoms with Gasteiger partial charge in [-0.25, -0.2) is 0 Å². The van der Waals surface area contributed by atoms with Gasteiger partial charge in [0.05, 0.1) is 11.5 Å². The first-order chi connectivity index (χ1) is 9.32. The maximum Gasteiger partial charge on any atom is 0.306 e. The molecule has 0 heterocycles. The van der Waals surface area contributed by atoms with E-state index in [1.54, 1.807) is 0 Å². The maximum absolute atomic E-state index is 10.9. The van der Waals surface area contributed by atoms with Crippen LogP contribution in [0.15, 0.2) is 0 Å². The zero-order chi connectivity index (χ0) is 15.2. The number of aliphatic hydroxyl groups is 1. The molecule has 1 fully saturated rings. The van der Waals surface area contributed by atoms with E-state index in [2.05, 4.69) is 26.1 Å². The van der Waals surface area contributed by atoms with Gasteiger partial charge in [0.25, 0.3) is 0 Å². The number of nitrogens with one attached hydrogen (secondary N) is 1. The van der Waals surface area contributed by atoms with Crippen LogP contribution in [-0.2, 0) is 4.79 Å². The van der Waals surface area contributed by atoms with Gasteiger partial charge in [-0.05, 0) is 44.9 Å². The highest BCUT2D eigenvalue weighted by molar-refractivity contribution is 5.70. The van der Waals surface area contributed by atoms with Crippen molar-refractivity contribution in [1.82, 2.24) is 5.32 Å². The summed E-state index contributed by atoms with van der Waals surface area (Å²) in [7, 11) is 0. The van der Waals surface area contributed by atoms with Crippen molar-refractivity contribution in [2.45, 2.75) is 77.4 Å². The molecule has 1 aliphatic rings. The first-order valence-electron chi connectivity index (χ1n) is 8.01. The van der Waals surface area contributed by atoms with Crippen molar-refractivity contribution in [3.63, 3.8) is 0 Å². The number of hydrogen-bond donors (Lipinski definition) is 3. The second-order valence-corrected chi connectivity index (χ2v) is 6.94. The highest BCUT2D eigenvalue weighted by Gasteiger charge is 2.35. The minimum Gasteiger partial charge on any atom is -0.481 e. The first kappa shape index (κ1) is 17.4. The quantitative estimate of drug-likeness (QED) is 0.641. The highest BCUT2D eigenvalue weighted by atomic mass is 16.4. The Hall–Kier alpha value is -0.610. The number of rotatable bonds is 8. The van der Waals surface area contributed by atoms with E-state index in [-0.39, 0.29) is 5.92 Å². The molecule has 118 valence electrons. The summed E-state index contributed by atoms with van der Waals surface area (Å²) in [6.45, 7) is 7.22. The third-order valence-corrected chi connectivity index (χ3v) is 4.46. The zero-order valence-corrected chi connectivity index (χ0v) is 13.2. The maximum atomic E-state index is 10.9. The van der Waals surface area contributed by atoms with Gasteiger partial charge in [-0.3, -0.25) is 4.79 Å². The Balaban J connectivity index is 2.22. The molecular formula is C16H31NO3. The fourth-order valence-corrected chi connectivity index (χ4v) is 2.88. The van der Waals surface area contributed by atoms with E-state index in [1.165, 1.54) is 12.8 Å². The van der Waals surface area contributed by atoms with Crippen LogP contribution in [0.5, 0.6) is 0 Å². The zero-order valence-electron chi connectivity index (χ0n) is 13.2. The van der Waals surface area contributed by atoms with E-state index in [0.717, 1.165) is 12.3 Å². The SMILES string of the molecule is CC(C)CCCC(C)NCC1(O)CCC(C(=O)O)CC1. The van der Waals surface area contributed by atoms with Gasteiger partial charge >= 0.3 is 5.97 Å². The molecule has 1 rings (SSSR count). The number of carboxylic acid groups (broad SMARTS) is 1. The van der Waals surface area contributed by atoms with E-state index in [9.17, 15) is 9.90 Å². The lowest BCUT2D eigenvalue weighted by atomic mass is 9.78. The Morgan fingerprint density at radius 1 is 1.25 bits per heavy atom. The average Bonchev–Trinajstić information content (AvgIpc) is 2.36. The predicted octanol–water partition coefficient (Wildman–Crippen LogP) is 2.80. The van der Waals surface area contributed by atoms with Crippen LogP contribution in [-0.4, -0.2) is 34.4 Å². The van der Waals surface area contributed by atoms with Crippen LogP contribution in [0, 0.1) is 11.8 Å². The molecule has 1 unspecified atom stereocenters. The predicted molar refractivity (Wildman–Crippen MR) is 80.7 cm³/mol. The second kappa shape index (κ2) is 7.99. The summed E-state index contributed by atoms with van der Waals surface area (Å²) in [5, 5.41) is 22.9. The summed E-state index contributed by atoms with van der Waals surface area (Å²) in [5.41, 5.74) is -0.710. The van der Waals surface area contributed by atoms with Gasteiger partial charge in [-0.2, -0.15) is 0 Å². The summed E-state index contributed by atoms with van der Waals surface area (Å²) >= 11 is 0. The van der Waals surface area contributed by atoms with Crippen molar-refractivity contribution in [2.75, 3.05) is 6.54 Å². The average molecular weight is 285 g/mol. The molecule has 0 aromatic rings. The van der Waals surface area contributed by atoms with Gasteiger partial charge in [-0.1, -0.05) is 26.7 Å². The van der Waals surface area contributed by atoms with Crippen molar-refractivity contribution in [2.24, 2.45) is 11.8 Å². The van der Waals surface area contributed by atoms with Crippen LogP contribution in [0.3, 0.4) is 0 Å². The van der Waals surface area contributed by atoms with Crippen molar-refractivity contribution >= 4 is 5.97 Å². The van der Waals surface area contributed by atoms with Gasteiger partial charge in [0, 0.05) is 12.6 Å². The Kier molecular flexibility index (Phi) is 6.96. The molecule has 1 aliphatic carbocycles. The molecule has 0 aliphatic heterocycles. The molecule has 4 heteroatoms. The molecule has 3 N–H and O–H groups in total. The second-order valence-electron chi connectivity index (χ2n) is 6.94. The Labute approximate surface area is 123 Å². The molecule has 0 amide bonds. The third-order valence-electron chi connectivity index (χ3n) is 4.46. The fraction of sp³-hybridized carbons (Fsp3) is 0.938. The summed E-state index contributed by atoms with van der Waals surface area (Å²) in [6, 6.07) is 0.412. The lowest BCUT2D eigenvalue weighted by Crippen LogP contribution is -2.46. The van der Waals surface area contributed by atoms with E-state index < -0.39 is 11.6 Å². The van der Waals surface area contributed by atoms with Crippen LogP contribution in [0.2, 0.25) is 0 Å². The van der Waals surface area contributed by atoms with Crippen LogP contribution in [0.25, 0.3) is 0 Å². The summed E-state index contributed by atoms with van der Waals surface area (Å²) < 4.78 is 0. The summed E-state index contributed by atoms with van der Waals surface area (Å²) in [4.78, 5) is 10.9. The monoisotopic (exact) mass is 285 g/mol. The topological polar surface area (TPSA) is 69.6 Å². The summed E-state index contributed by atoms with van der Waals surface area (Å²) in [5.74, 6) is -0.238. The molecule has 0 saturated heterocycles. The Bertz CT molecular complexity index is 296. The molecular weight excluding hydrogens is 254 g/mol. The molecule has 1 atom stereocenters. The largest absolute Gasteiger partial charge is 0.481 e. The van der Waals surface area contributed by atoms with Crippen molar-refractivity contribution in [1.29, 1.82) is 0 Å². The van der Waals surface area contributed by atoms with E-state index in [0.29, 0.717) is 38.3 Å². The molecule has 4 nitrogen and oxygen atoms in total. The fourth-order valence-electron chi connectivity index (χ4n) is 2.88. The van der Waals surface area contributed by atoms with Crippen molar-refractivity contribution < 1.29 is 15.0 Å². The molecule has 0 radical (unpaired) electrons. The van der Waals surface area contributed by atoms with Crippen molar-refractivity contribution in [3.05, 3.63) is 0 Å². The van der Waals surface area contributed by atoms with Gasteiger partial charge in [0.2, 0.25) is 0 Å². The Morgan fingerprint density at radius 3 is 2.35 bits per heavy atom. The lowest BCUT2D eigenvalue weighted by Gasteiger charge is -2.35. The van der Waals surface area contributed by atoms with Gasteiger partial charge in [0.15, 0.2) is 0 Å².